The molecule has 1 unspecified atom stereocenters. The predicted octanol–water partition coefficient (Wildman–Crippen LogP) is 2.34. The Bertz CT molecular complexity index is 837. The summed E-state index contributed by atoms with van der Waals surface area (Å²) in [5.41, 5.74) is 13.6. The Kier molecular flexibility index (Phi) is 5.77. The van der Waals surface area contributed by atoms with Gasteiger partial charge in [0.15, 0.2) is 5.13 Å². The van der Waals surface area contributed by atoms with Crippen molar-refractivity contribution in [2.75, 3.05) is 24.1 Å². The van der Waals surface area contributed by atoms with E-state index in [1.54, 1.807) is 18.3 Å². The van der Waals surface area contributed by atoms with E-state index in [2.05, 4.69) is 20.6 Å². The van der Waals surface area contributed by atoms with Crippen LogP contribution >= 0.6 is 11.3 Å². The zero-order valence-electron chi connectivity index (χ0n) is 13.8. The first-order valence-electron chi connectivity index (χ1n) is 8.16. The fraction of sp³-hybridized carbons (Fsp3) is 0.294. The van der Waals surface area contributed by atoms with Gasteiger partial charge in [-0.2, -0.15) is 0 Å². The minimum Gasteiger partial charge on any atom is -0.399 e. The number of anilines is 3. The maximum Gasteiger partial charge on any atom is 0.189 e. The van der Waals surface area contributed by atoms with Crippen molar-refractivity contribution in [2.45, 2.75) is 19.1 Å². The third-order valence-electron chi connectivity index (χ3n) is 3.72. The van der Waals surface area contributed by atoms with Gasteiger partial charge in [0.25, 0.3) is 0 Å². The molecule has 0 saturated heterocycles. The monoisotopic (exact) mass is 358 g/mol. The summed E-state index contributed by atoms with van der Waals surface area (Å²) in [5, 5.41) is 17.2. The van der Waals surface area contributed by atoms with Gasteiger partial charge in [-0.15, -0.1) is 0 Å². The number of thiazole rings is 1. The summed E-state index contributed by atoms with van der Waals surface area (Å²) >= 11 is 1.51. The van der Waals surface area contributed by atoms with Crippen molar-refractivity contribution in [1.82, 2.24) is 15.3 Å². The zero-order valence-corrected chi connectivity index (χ0v) is 14.6. The number of nitrogens with zero attached hydrogens (tertiary/aromatic N) is 2. The molecule has 2 heterocycles. The van der Waals surface area contributed by atoms with Crippen molar-refractivity contribution in [3.63, 3.8) is 0 Å². The van der Waals surface area contributed by atoms with Crippen molar-refractivity contribution in [2.24, 2.45) is 5.73 Å². The van der Waals surface area contributed by atoms with Gasteiger partial charge in [0.1, 0.15) is 12.0 Å². The van der Waals surface area contributed by atoms with Crippen LogP contribution in [0.3, 0.4) is 0 Å². The molecular weight excluding hydrogens is 336 g/mol. The Balaban J connectivity index is 1.68. The topological polar surface area (TPSA) is 122 Å². The predicted molar refractivity (Wildman–Crippen MR) is 103 cm³/mol. The van der Waals surface area contributed by atoms with Crippen LogP contribution in [-0.4, -0.2) is 28.2 Å². The van der Waals surface area contributed by atoms with Crippen LogP contribution in [0.15, 0.2) is 36.5 Å². The van der Waals surface area contributed by atoms with Crippen molar-refractivity contribution < 1.29 is 5.11 Å². The highest BCUT2D eigenvalue weighted by molar-refractivity contribution is 7.22. The van der Waals surface area contributed by atoms with Crippen LogP contribution < -0.4 is 22.1 Å². The van der Waals surface area contributed by atoms with Gasteiger partial charge in [-0.3, -0.25) is 5.32 Å². The van der Waals surface area contributed by atoms with Gasteiger partial charge in [0, 0.05) is 17.4 Å². The van der Waals surface area contributed by atoms with E-state index >= 15 is 0 Å². The number of nitrogens with two attached hydrogens (primary N) is 2. The minimum absolute atomic E-state index is 0.632. The van der Waals surface area contributed by atoms with Crippen molar-refractivity contribution in [3.8, 4) is 0 Å². The summed E-state index contributed by atoms with van der Waals surface area (Å²) in [6.45, 7) is 1.37. The average molecular weight is 358 g/mol. The van der Waals surface area contributed by atoms with E-state index in [1.807, 2.05) is 18.2 Å². The maximum atomic E-state index is 10.2. The third kappa shape index (κ3) is 4.64. The van der Waals surface area contributed by atoms with Crippen molar-refractivity contribution in [1.29, 1.82) is 0 Å². The van der Waals surface area contributed by atoms with Crippen molar-refractivity contribution in [3.05, 3.63) is 42.1 Å². The number of aliphatic hydroxyl groups excluding tert-OH is 1. The van der Waals surface area contributed by atoms with Crippen LogP contribution in [0, 0.1) is 0 Å². The molecule has 7 N–H and O–H groups in total. The van der Waals surface area contributed by atoms with Crippen LogP contribution in [0.2, 0.25) is 0 Å². The number of nitrogens with one attached hydrogen (secondary N) is 2. The molecule has 0 amide bonds. The molecule has 0 aliphatic rings. The lowest BCUT2D eigenvalue weighted by Crippen LogP contribution is -2.22. The first-order chi connectivity index (χ1) is 12.2. The van der Waals surface area contributed by atoms with Crippen LogP contribution in [-0.2, 0) is 0 Å². The Morgan fingerprint density at radius 2 is 2.08 bits per heavy atom. The standard InChI is InChI=1S/C17H22N6OS/c18-6-1-2-7-21-16(24)11-5-8-20-15(9-11)23-17-22-13-4-3-12(19)10-14(13)25-17/h3-5,8-10,16,21,24H,1-2,6-7,18-19H2,(H,20,22,23). The molecule has 0 aliphatic carbocycles. The van der Waals surface area contributed by atoms with E-state index in [0.717, 1.165) is 33.8 Å². The number of rotatable bonds is 8. The first kappa shape index (κ1) is 17.6. The molecule has 3 aromatic rings. The Morgan fingerprint density at radius 3 is 2.92 bits per heavy atom. The first-order valence-corrected chi connectivity index (χ1v) is 8.98. The van der Waals surface area contributed by atoms with Gasteiger partial charge in [-0.25, -0.2) is 9.97 Å². The second kappa shape index (κ2) is 8.21. The third-order valence-corrected chi connectivity index (χ3v) is 4.65. The van der Waals surface area contributed by atoms with Gasteiger partial charge < -0.3 is 21.9 Å². The second-order valence-electron chi connectivity index (χ2n) is 5.70. The normalized spacial score (nSPS) is 12.4. The molecule has 0 bridgehead atoms. The fourth-order valence-electron chi connectivity index (χ4n) is 2.42. The summed E-state index contributed by atoms with van der Waals surface area (Å²) in [5.74, 6) is 0.632. The molecular formula is C17H22N6OS. The van der Waals surface area contributed by atoms with E-state index in [9.17, 15) is 5.11 Å². The van der Waals surface area contributed by atoms with Crippen LogP contribution in [0.4, 0.5) is 16.6 Å². The number of unbranched alkanes of at least 4 members (excludes halogenated alkanes) is 1. The van der Waals surface area contributed by atoms with Crippen LogP contribution in [0.1, 0.15) is 24.6 Å². The summed E-state index contributed by atoms with van der Waals surface area (Å²) in [4.78, 5) is 8.81. The average Bonchev–Trinajstić information content (AvgIpc) is 3.00. The van der Waals surface area contributed by atoms with E-state index < -0.39 is 6.23 Å². The van der Waals surface area contributed by atoms with Gasteiger partial charge in [0.05, 0.1) is 10.2 Å². The number of hydrogen-bond donors (Lipinski definition) is 5. The quantitative estimate of drug-likeness (QED) is 0.238. The number of fused-ring (bicyclic) bond motifs is 1. The highest BCUT2D eigenvalue weighted by atomic mass is 32.1. The highest BCUT2D eigenvalue weighted by Crippen LogP contribution is 2.29. The molecule has 132 valence electrons. The highest BCUT2D eigenvalue weighted by Gasteiger charge is 2.09. The zero-order chi connectivity index (χ0) is 17.6. The fourth-order valence-corrected chi connectivity index (χ4v) is 3.34. The molecule has 0 spiro atoms. The lowest BCUT2D eigenvalue weighted by atomic mass is 10.2. The van der Waals surface area contributed by atoms with Gasteiger partial charge in [-0.05, 0) is 56.3 Å². The minimum atomic E-state index is -0.739. The molecule has 0 radical (unpaired) electrons. The Labute approximate surface area is 150 Å². The lowest BCUT2D eigenvalue weighted by molar-refractivity contribution is 0.139. The molecule has 3 rings (SSSR count). The molecule has 0 aliphatic heterocycles. The SMILES string of the molecule is NCCCCNC(O)c1ccnc(Nc2nc3ccc(N)cc3s2)c1. The Morgan fingerprint density at radius 1 is 1.20 bits per heavy atom. The molecule has 1 aromatic carbocycles. The van der Waals surface area contributed by atoms with Gasteiger partial charge >= 0.3 is 0 Å². The lowest BCUT2D eigenvalue weighted by Gasteiger charge is -2.13. The Hall–Kier alpha value is -2.26. The number of aromatic nitrogens is 2. The molecule has 7 nitrogen and oxygen atoms in total. The van der Waals surface area contributed by atoms with Crippen molar-refractivity contribution >= 4 is 38.2 Å². The van der Waals surface area contributed by atoms with E-state index in [-0.39, 0.29) is 0 Å². The number of aliphatic hydroxyl groups is 1. The smallest absolute Gasteiger partial charge is 0.189 e. The number of pyridine rings is 1. The van der Waals surface area contributed by atoms with E-state index in [4.69, 9.17) is 11.5 Å². The van der Waals surface area contributed by atoms with E-state index in [1.165, 1.54) is 11.3 Å². The molecule has 2 aromatic heterocycles. The second-order valence-corrected chi connectivity index (χ2v) is 6.73. The van der Waals surface area contributed by atoms with Gasteiger partial charge in [-0.1, -0.05) is 11.3 Å². The maximum absolute atomic E-state index is 10.2. The summed E-state index contributed by atoms with van der Waals surface area (Å²) in [6, 6.07) is 9.21. The molecule has 8 heteroatoms. The number of hydrogen-bond acceptors (Lipinski definition) is 8. The van der Waals surface area contributed by atoms with Crippen LogP contribution in [0.25, 0.3) is 10.2 Å². The molecule has 0 saturated carbocycles. The molecule has 1 atom stereocenters. The summed E-state index contributed by atoms with van der Waals surface area (Å²) < 4.78 is 1.01. The molecule has 0 fully saturated rings. The van der Waals surface area contributed by atoms with Crippen LogP contribution in [0.5, 0.6) is 0 Å². The summed E-state index contributed by atoms with van der Waals surface area (Å²) in [7, 11) is 0. The van der Waals surface area contributed by atoms with Gasteiger partial charge in [0.2, 0.25) is 0 Å². The summed E-state index contributed by atoms with van der Waals surface area (Å²) in [6.07, 6.45) is 2.79. The number of benzene rings is 1. The molecule has 25 heavy (non-hydrogen) atoms. The largest absolute Gasteiger partial charge is 0.399 e. The number of nitrogen functional groups attached to an aromatic ring is 1. The van der Waals surface area contributed by atoms with E-state index in [0.29, 0.717) is 24.6 Å².